The lowest BCUT2D eigenvalue weighted by molar-refractivity contribution is 0.103. The minimum Gasteiger partial charge on any atom is -0.378 e. The molecule has 0 saturated heterocycles. The van der Waals surface area contributed by atoms with Crippen LogP contribution in [0.1, 0.15) is 21.5 Å². The molecule has 0 atom stereocenters. The number of hydrogen-bond acceptors (Lipinski definition) is 2. The Labute approximate surface area is 116 Å². The number of carbonyl (C=O) groups excluding carboxylic acids is 1. The Kier molecular flexibility index (Phi) is 3.84. The molecular weight excluding hydrogens is 260 g/mol. The Bertz CT molecular complexity index is 648. The van der Waals surface area contributed by atoms with Gasteiger partial charge in [0.2, 0.25) is 0 Å². The van der Waals surface area contributed by atoms with Crippen LogP contribution in [0.15, 0.2) is 36.4 Å². The predicted octanol–water partition coefficient (Wildman–Crippen LogP) is 3.57. The van der Waals surface area contributed by atoms with Crippen LogP contribution >= 0.6 is 0 Å². The molecular formula is C16H15F2NO. The lowest BCUT2D eigenvalue weighted by Gasteiger charge is -2.12. The highest BCUT2D eigenvalue weighted by Gasteiger charge is 2.18. The number of rotatable bonds is 3. The summed E-state index contributed by atoms with van der Waals surface area (Å²) >= 11 is 0. The van der Waals surface area contributed by atoms with Crippen molar-refractivity contribution in [1.82, 2.24) is 0 Å². The summed E-state index contributed by atoms with van der Waals surface area (Å²) in [4.78, 5) is 14.1. The molecule has 0 fully saturated rings. The Balaban J connectivity index is 2.39. The summed E-state index contributed by atoms with van der Waals surface area (Å²) in [5, 5.41) is 0. The second-order valence-electron chi connectivity index (χ2n) is 4.83. The topological polar surface area (TPSA) is 20.3 Å². The SMILES string of the molecule is Cc1ccc(C(=O)c2ccc(N(C)C)cc2)c(F)c1F. The second-order valence-corrected chi connectivity index (χ2v) is 4.83. The zero-order valence-corrected chi connectivity index (χ0v) is 11.6. The van der Waals surface area contributed by atoms with Crippen molar-refractivity contribution in [3.05, 3.63) is 64.7 Å². The van der Waals surface area contributed by atoms with E-state index in [1.54, 1.807) is 24.3 Å². The van der Waals surface area contributed by atoms with E-state index in [9.17, 15) is 13.6 Å². The summed E-state index contributed by atoms with van der Waals surface area (Å²) in [6, 6.07) is 9.45. The Morgan fingerprint density at radius 1 is 0.950 bits per heavy atom. The van der Waals surface area contributed by atoms with E-state index in [1.165, 1.54) is 19.1 Å². The van der Waals surface area contributed by atoms with Crippen LogP contribution in [0.4, 0.5) is 14.5 Å². The van der Waals surface area contributed by atoms with Gasteiger partial charge in [-0.25, -0.2) is 8.78 Å². The molecule has 2 rings (SSSR count). The van der Waals surface area contributed by atoms with Gasteiger partial charge in [0, 0.05) is 25.3 Å². The number of anilines is 1. The van der Waals surface area contributed by atoms with E-state index in [1.807, 2.05) is 19.0 Å². The number of benzene rings is 2. The molecule has 104 valence electrons. The van der Waals surface area contributed by atoms with Gasteiger partial charge in [-0.15, -0.1) is 0 Å². The number of aryl methyl sites for hydroxylation is 1. The van der Waals surface area contributed by atoms with Gasteiger partial charge >= 0.3 is 0 Å². The molecule has 2 nitrogen and oxygen atoms in total. The summed E-state index contributed by atoms with van der Waals surface area (Å²) in [5.74, 6) is -2.58. The summed E-state index contributed by atoms with van der Waals surface area (Å²) in [6.45, 7) is 1.46. The fourth-order valence-corrected chi connectivity index (χ4v) is 1.89. The molecule has 0 saturated carbocycles. The number of carbonyl (C=O) groups is 1. The Morgan fingerprint density at radius 2 is 1.55 bits per heavy atom. The van der Waals surface area contributed by atoms with E-state index >= 15 is 0 Å². The van der Waals surface area contributed by atoms with Gasteiger partial charge in [0.15, 0.2) is 17.4 Å². The molecule has 0 bridgehead atoms. The highest BCUT2D eigenvalue weighted by Crippen LogP contribution is 2.20. The van der Waals surface area contributed by atoms with Crippen LogP contribution in [0.25, 0.3) is 0 Å². The van der Waals surface area contributed by atoms with E-state index in [4.69, 9.17) is 0 Å². The minimum atomic E-state index is -1.09. The van der Waals surface area contributed by atoms with Crippen molar-refractivity contribution in [2.75, 3.05) is 19.0 Å². The van der Waals surface area contributed by atoms with Gasteiger partial charge in [0.05, 0.1) is 5.56 Å². The number of halogens is 2. The fraction of sp³-hybridized carbons (Fsp3) is 0.188. The molecule has 0 heterocycles. The Morgan fingerprint density at radius 3 is 2.10 bits per heavy atom. The minimum absolute atomic E-state index is 0.182. The average Bonchev–Trinajstić information content (AvgIpc) is 2.44. The first-order valence-corrected chi connectivity index (χ1v) is 6.18. The Hall–Kier alpha value is -2.23. The molecule has 0 radical (unpaired) electrons. The zero-order chi connectivity index (χ0) is 14.9. The highest BCUT2D eigenvalue weighted by molar-refractivity contribution is 6.09. The molecule has 2 aromatic rings. The van der Waals surface area contributed by atoms with Gasteiger partial charge in [-0.1, -0.05) is 6.07 Å². The van der Waals surface area contributed by atoms with Crippen molar-refractivity contribution < 1.29 is 13.6 Å². The number of nitrogens with zero attached hydrogens (tertiary/aromatic N) is 1. The third-order valence-corrected chi connectivity index (χ3v) is 3.17. The largest absolute Gasteiger partial charge is 0.378 e. The molecule has 0 amide bonds. The van der Waals surface area contributed by atoms with Crippen LogP contribution in [-0.4, -0.2) is 19.9 Å². The smallest absolute Gasteiger partial charge is 0.196 e. The molecule has 0 spiro atoms. The molecule has 20 heavy (non-hydrogen) atoms. The quantitative estimate of drug-likeness (QED) is 0.798. The van der Waals surface area contributed by atoms with Crippen molar-refractivity contribution in [2.24, 2.45) is 0 Å². The second kappa shape index (κ2) is 5.41. The van der Waals surface area contributed by atoms with E-state index in [2.05, 4.69) is 0 Å². The molecule has 0 aliphatic heterocycles. The molecule has 0 aliphatic carbocycles. The van der Waals surface area contributed by atoms with E-state index < -0.39 is 17.4 Å². The van der Waals surface area contributed by atoms with Gasteiger partial charge in [-0.05, 0) is 42.8 Å². The molecule has 2 aromatic carbocycles. The first kappa shape index (κ1) is 14.2. The van der Waals surface area contributed by atoms with Crippen molar-refractivity contribution in [3.63, 3.8) is 0 Å². The fourth-order valence-electron chi connectivity index (χ4n) is 1.89. The maximum Gasteiger partial charge on any atom is 0.196 e. The van der Waals surface area contributed by atoms with Crippen LogP contribution in [0.2, 0.25) is 0 Å². The lowest BCUT2D eigenvalue weighted by atomic mass is 10.0. The first-order chi connectivity index (χ1) is 9.41. The maximum atomic E-state index is 13.8. The summed E-state index contributed by atoms with van der Waals surface area (Å²) in [7, 11) is 3.76. The maximum absolute atomic E-state index is 13.8. The number of ketones is 1. The van der Waals surface area contributed by atoms with Crippen LogP contribution in [0, 0.1) is 18.6 Å². The van der Waals surface area contributed by atoms with Crippen molar-refractivity contribution >= 4 is 11.5 Å². The van der Waals surface area contributed by atoms with Crippen LogP contribution in [0.5, 0.6) is 0 Å². The molecule has 0 aromatic heterocycles. The normalized spacial score (nSPS) is 10.4. The van der Waals surface area contributed by atoms with Gasteiger partial charge in [0.1, 0.15) is 0 Å². The van der Waals surface area contributed by atoms with E-state index in [0.29, 0.717) is 5.56 Å². The molecule has 0 aliphatic rings. The molecule has 0 unspecified atom stereocenters. The highest BCUT2D eigenvalue weighted by atomic mass is 19.2. The molecule has 0 N–H and O–H groups in total. The van der Waals surface area contributed by atoms with Crippen LogP contribution in [-0.2, 0) is 0 Å². The summed E-state index contributed by atoms with van der Waals surface area (Å²) < 4.78 is 27.3. The third-order valence-electron chi connectivity index (χ3n) is 3.17. The van der Waals surface area contributed by atoms with Gasteiger partial charge in [0.25, 0.3) is 0 Å². The number of hydrogen-bond donors (Lipinski definition) is 0. The predicted molar refractivity (Wildman–Crippen MR) is 75.3 cm³/mol. The van der Waals surface area contributed by atoms with Crippen LogP contribution in [0.3, 0.4) is 0 Å². The van der Waals surface area contributed by atoms with Gasteiger partial charge in [-0.3, -0.25) is 4.79 Å². The van der Waals surface area contributed by atoms with Crippen LogP contribution < -0.4 is 4.90 Å². The first-order valence-electron chi connectivity index (χ1n) is 6.18. The van der Waals surface area contributed by atoms with Gasteiger partial charge in [-0.2, -0.15) is 0 Å². The van der Waals surface area contributed by atoms with E-state index in [-0.39, 0.29) is 11.1 Å². The van der Waals surface area contributed by atoms with E-state index in [0.717, 1.165) is 5.69 Å². The van der Waals surface area contributed by atoms with Crippen molar-refractivity contribution in [1.29, 1.82) is 0 Å². The van der Waals surface area contributed by atoms with Gasteiger partial charge < -0.3 is 4.90 Å². The van der Waals surface area contributed by atoms with Crippen molar-refractivity contribution in [3.8, 4) is 0 Å². The monoisotopic (exact) mass is 275 g/mol. The summed E-state index contributed by atoms with van der Waals surface area (Å²) in [6.07, 6.45) is 0. The average molecular weight is 275 g/mol. The third kappa shape index (κ3) is 2.54. The molecule has 4 heteroatoms. The lowest BCUT2D eigenvalue weighted by Crippen LogP contribution is -2.10. The standard InChI is InChI=1S/C16H15F2NO/c1-10-4-9-13(15(18)14(10)17)16(20)11-5-7-12(8-6-11)19(2)3/h4-9H,1-3H3. The van der Waals surface area contributed by atoms with Crippen molar-refractivity contribution in [2.45, 2.75) is 6.92 Å². The zero-order valence-electron chi connectivity index (χ0n) is 11.6. The summed E-state index contributed by atoms with van der Waals surface area (Å²) in [5.41, 5.74) is 1.20.